The molecule has 0 aliphatic carbocycles. The lowest BCUT2D eigenvalue weighted by Crippen LogP contribution is -2.42. The molecule has 5 heteroatoms. The number of carbonyl (C=O) groups excluding carboxylic acids is 2. The number of aryl methyl sites for hydroxylation is 1. The number of amides is 2. The fraction of sp³-hybridized carbons (Fsp3) is 0.241. The first-order valence-corrected chi connectivity index (χ1v) is 11.7. The number of fused-ring (bicyclic) bond motifs is 1. The van der Waals surface area contributed by atoms with Crippen molar-refractivity contribution >= 4 is 22.6 Å². The van der Waals surface area contributed by atoms with Crippen molar-refractivity contribution in [2.24, 2.45) is 0 Å². The molecular formula is C29H30N2O3. The van der Waals surface area contributed by atoms with Gasteiger partial charge in [0.15, 0.2) is 0 Å². The second-order valence-electron chi connectivity index (χ2n) is 8.54. The number of rotatable bonds is 9. The van der Waals surface area contributed by atoms with Crippen LogP contribution in [0.5, 0.6) is 0 Å². The molecule has 5 nitrogen and oxygen atoms in total. The number of nitrogens with zero attached hydrogens (tertiary/aromatic N) is 2. The molecular weight excluding hydrogens is 424 g/mol. The average Bonchev–Trinajstić information content (AvgIpc) is 3.27. The summed E-state index contributed by atoms with van der Waals surface area (Å²) in [6.07, 6.45) is 0.767. The van der Waals surface area contributed by atoms with E-state index in [-0.39, 0.29) is 18.4 Å². The van der Waals surface area contributed by atoms with Gasteiger partial charge >= 0.3 is 0 Å². The zero-order valence-corrected chi connectivity index (χ0v) is 19.7. The first kappa shape index (κ1) is 23.3. The topological polar surface area (TPSA) is 53.8 Å². The van der Waals surface area contributed by atoms with Crippen LogP contribution in [0.4, 0.5) is 0 Å². The Balaban J connectivity index is 1.55. The summed E-state index contributed by atoms with van der Waals surface area (Å²) < 4.78 is 5.74. The summed E-state index contributed by atoms with van der Waals surface area (Å²) in [4.78, 5) is 30.3. The highest BCUT2D eigenvalue weighted by molar-refractivity contribution is 6.00. The molecule has 0 aliphatic heterocycles. The van der Waals surface area contributed by atoms with Crippen LogP contribution < -0.4 is 0 Å². The van der Waals surface area contributed by atoms with Gasteiger partial charge in [0.05, 0.1) is 6.54 Å². The van der Waals surface area contributed by atoms with Gasteiger partial charge in [-0.15, -0.1) is 0 Å². The molecule has 3 aromatic carbocycles. The van der Waals surface area contributed by atoms with E-state index in [4.69, 9.17) is 4.42 Å². The largest absolute Gasteiger partial charge is 0.464 e. The quantitative estimate of drug-likeness (QED) is 0.320. The summed E-state index contributed by atoms with van der Waals surface area (Å²) in [5, 5.41) is 2.09. The van der Waals surface area contributed by atoms with Crippen LogP contribution in [-0.2, 0) is 17.9 Å². The number of hydrogen-bond donors (Lipinski definition) is 0. The van der Waals surface area contributed by atoms with E-state index in [2.05, 4.69) is 0 Å². The minimum atomic E-state index is -0.130. The molecule has 34 heavy (non-hydrogen) atoms. The van der Waals surface area contributed by atoms with Gasteiger partial charge in [-0.1, -0.05) is 67.6 Å². The highest BCUT2D eigenvalue weighted by Gasteiger charge is 2.23. The minimum Gasteiger partial charge on any atom is -0.464 e. The maximum Gasteiger partial charge on any atom is 0.254 e. The molecule has 0 aliphatic rings. The highest BCUT2D eigenvalue weighted by atomic mass is 16.3. The van der Waals surface area contributed by atoms with Crippen molar-refractivity contribution in [3.05, 3.63) is 108 Å². The van der Waals surface area contributed by atoms with Crippen LogP contribution in [-0.4, -0.2) is 34.7 Å². The zero-order chi connectivity index (χ0) is 23.9. The molecule has 0 saturated carbocycles. The van der Waals surface area contributed by atoms with Gasteiger partial charge in [0.1, 0.15) is 18.1 Å². The molecule has 1 heterocycles. The molecule has 0 fully saturated rings. The van der Waals surface area contributed by atoms with E-state index >= 15 is 0 Å². The van der Waals surface area contributed by atoms with Gasteiger partial charge in [0.25, 0.3) is 5.91 Å². The number of carbonyl (C=O) groups is 2. The molecule has 1 aromatic heterocycles. The highest BCUT2D eigenvalue weighted by Crippen LogP contribution is 2.18. The van der Waals surface area contributed by atoms with Gasteiger partial charge in [0, 0.05) is 18.7 Å². The maximum atomic E-state index is 13.5. The molecule has 0 atom stereocenters. The SMILES string of the molecule is CCCN(CC(=O)N(Cc1ccccc1)Cc1ccc(C)o1)C(=O)c1ccc2ccccc2c1. The molecule has 0 radical (unpaired) electrons. The van der Waals surface area contributed by atoms with E-state index in [1.165, 1.54) is 0 Å². The first-order valence-electron chi connectivity index (χ1n) is 11.7. The van der Waals surface area contributed by atoms with Crippen molar-refractivity contribution in [3.63, 3.8) is 0 Å². The Hall–Kier alpha value is -3.86. The predicted molar refractivity (Wildman–Crippen MR) is 134 cm³/mol. The second-order valence-corrected chi connectivity index (χ2v) is 8.54. The van der Waals surface area contributed by atoms with Crippen molar-refractivity contribution in [1.82, 2.24) is 9.80 Å². The standard InChI is InChI=1S/C29H30N2O3/c1-3-17-30(29(33)26-15-14-24-11-7-8-12-25(24)18-26)21-28(32)31(19-23-9-5-4-6-10-23)20-27-16-13-22(2)34-27/h4-16,18H,3,17,19-21H2,1-2H3. The van der Waals surface area contributed by atoms with Crippen LogP contribution in [0.3, 0.4) is 0 Å². The Labute approximate surface area is 200 Å². The summed E-state index contributed by atoms with van der Waals surface area (Å²) in [7, 11) is 0. The fourth-order valence-electron chi connectivity index (χ4n) is 4.08. The van der Waals surface area contributed by atoms with E-state index in [0.717, 1.165) is 34.3 Å². The van der Waals surface area contributed by atoms with Crippen LogP contribution in [0, 0.1) is 6.92 Å². The summed E-state index contributed by atoms with van der Waals surface area (Å²) in [6.45, 7) is 5.23. The van der Waals surface area contributed by atoms with E-state index in [9.17, 15) is 9.59 Å². The van der Waals surface area contributed by atoms with Gasteiger partial charge in [-0.3, -0.25) is 9.59 Å². The molecule has 4 rings (SSSR count). The summed E-state index contributed by atoms with van der Waals surface area (Å²) >= 11 is 0. The van der Waals surface area contributed by atoms with E-state index < -0.39 is 0 Å². The molecule has 0 N–H and O–H groups in total. The summed E-state index contributed by atoms with van der Waals surface area (Å²) in [5.74, 6) is 1.29. The molecule has 0 spiro atoms. The van der Waals surface area contributed by atoms with Gasteiger partial charge < -0.3 is 14.2 Å². The smallest absolute Gasteiger partial charge is 0.254 e. The minimum absolute atomic E-state index is 0.0199. The van der Waals surface area contributed by atoms with Crippen LogP contribution >= 0.6 is 0 Å². The second kappa shape index (κ2) is 10.8. The van der Waals surface area contributed by atoms with Crippen molar-refractivity contribution in [2.45, 2.75) is 33.4 Å². The monoisotopic (exact) mass is 454 g/mol. The van der Waals surface area contributed by atoms with Crippen molar-refractivity contribution in [1.29, 1.82) is 0 Å². The van der Waals surface area contributed by atoms with Gasteiger partial charge in [-0.05, 0) is 53.9 Å². The number of hydrogen-bond acceptors (Lipinski definition) is 3. The third-order valence-electron chi connectivity index (χ3n) is 5.81. The summed E-state index contributed by atoms with van der Waals surface area (Å²) in [6, 6.07) is 27.3. The van der Waals surface area contributed by atoms with Crippen molar-refractivity contribution < 1.29 is 14.0 Å². The third-order valence-corrected chi connectivity index (χ3v) is 5.81. The van der Waals surface area contributed by atoms with E-state index in [1.807, 2.05) is 98.8 Å². The fourth-order valence-corrected chi connectivity index (χ4v) is 4.08. The van der Waals surface area contributed by atoms with Gasteiger partial charge in [-0.2, -0.15) is 0 Å². The molecule has 0 unspecified atom stereocenters. The van der Waals surface area contributed by atoms with Gasteiger partial charge in [0.2, 0.25) is 5.91 Å². The molecule has 4 aromatic rings. The predicted octanol–water partition coefficient (Wildman–Crippen LogP) is 5.82. The normalized spacial score (nSPS) is 10.9. The lowest BCUT2D eigenvalue weighted by Gasteiger charge is -2.27. The molecule has 0 saturated heterocycles. The first-order chi connectivity index (χ1) is 16.5. The van der Waals surface area contributed by atoms with Crippen LogP contribution in [0.2, 0.25) is 0 Å². The van der Waals surface area contributed by atoms with E-state index in [1.54, 1.807) is 9.80 Å². The lowest BCUT2D eigenvalue weighted by molar-refractivity contribution is -0.133. The number of furan rings is 1. The Morgan fingerprint density at radius 1 is 0.794 bits per heavy atom. The van der Waals surface area contributed by atoms with Gasteiger partial charge in [-0.25, -0.2) is 0 Å². The Morgan fingerprint density at radius 2 is 1.53 bits per heavy atom. The van der Waals surface area contributed by atoms with Crippen LogP contribution in [0.15, 0.2) is 89.3 Å². The molecule has 2 amide bonds. The maximum absolute atomic E-state index is 13.5. The Morgan fingerprint density at radius 3 is 2.24 bits per heavy atom. The zero-order valence-electron chi connectivity index (χ0n) is 19.7. The molecule has 174 valence electrons. The van der Waals surface area contributed by atoms with Crippen LogP contribution in [0.25, 0.3) is 10.8 Å². The Bertz CT molecular complexity index is 1260. The summed E-state index contributed by atoms with van der Waals surface area (Å²) in [5.41, 5.74) is 1.62. The average molecular weight is 455 g/mol. The van der Waals surface area contributed by atoms with Crippen molar-refractivity contribution in [2.75, 3.05) is 13.1 Å². The third kappa shape index (κ3) is 5.73. The lowest BCUT2D eigenvalue weighted by atomic mass is 10.1. The Kier molecular flexibility index (Phi) is 7.43. The molecule has 0 bridgehead atoms. The van der Waals surface area contributed by atoms with E-state index in [0.29, 0.717) is 25.2 Å². The van der Waals surface area contributed by atoms with Crippen LogP contribution in [0.1, 0.15) is 40.8 Å². The van der Waals surface area contributed by atoms with Crippen molar-refractivity contribution in [3.8, 4) is 0 Å². The number of benzene rings is 3.